The number of carboxylic acid groups (broad SMARTS) is 1. The molecule has 2 N–H and O–H groups in total. The molecule has 21 heavy (non-hydrogen) atoms. The van der Waals surface area contributed by atoms with Crippen molar-refractivity contribution in [3.8, 4) is 0 Å². The van der Waals surface area contributed by atoms with Crippen LogP contribution in [0.3, 0.4) is 0 Å². The number of carboxylic acids is 1. The summed E-state index contributed by atoms with van der Waals surface area (Å²) < 4.78 is 27.9. The smallest absolute Gasteiger partial charge is 0.335 e. The van der Waals surface area contributed by atoms with Gasteiger partial charge in [-0.25, -0.2) is 17.9 Å². The van der Waals surface area contributed by atoms with Gasteiger partial charge in [0.25, 0.3) is 0 Å². The van der Waals surface area contributed by atoms with Gasteiger partial charge in [0.15, 0.2) is 0 Å². The Bertz CT molecular complexity index is 644. The summed E-state index contributed by atoms with van der Waals surface area (Å²) in [5.74, 6) is -0.779. The van der Waals surface area contributed by atoms with Gasteiger partial charge in [-0.3, -0.25) is 0 Å². The van der Waals surface area contributed by atoms with Crippen LogP contribution in [0, 0.1) is 5.92 Å². The van der Waals surface area contributed by atoms with E-state index in [0.717, 1.165) is 25.7 Å². The summed E-state index contributed by atoms with van der Waals surface area (Å²) in [6.45, 7) is 2.05. The highest BCUT2D eigenvalue weighted by Crippen LogP contribution is 2.28. The average molecular weight is 376 g/mol. The lowest BCUT2D eigenvalue weighted by molar-refractivity contribution is 0.0696. The number of rotatable bonds is 4. The number of sulfonamides is 1. The third-order valence-corrected chi connectivity index (χ3v) is 6.35. The fraction of sp³-hybridized carbons (Fsp3) is 0.500. The van der Waals surface area contributed by atoms with Crippen molar-refractivity contribution < 1.29 is 18.3 Å². The highest BCUT2D eigenvalue weighted by Gasteiger charge is 2.28. The van der Waals surface area contributed by atoms with E-state index < -0.39 is 16.0 Å². The zero-order chi connectivity index (χ0) is 15.6. The maximum atomic E-state index is 12.5. The van der Waals surface area contributed by atoms with Gasteiger partial charge in [-0.15, -0.1) is 0 Å². The second kappa shape index (κ2) is 6.46. The molecule has 0 bridgehead atoms. The van der Waals surface area contributed by atoms with Crippen LogP contribution in [-0.4, -0.2) is 25.5 Å². The molecular weight excluding hydrogens is 358 g/mol. The van der Waals surface area contributed by atoms with Crippen LogP contribution in [0.4, 0.5) is 0 Å². The third-order valence-electron chi connectivity index (χ3n) is 3.89. The predicted octanol–water partition coefficient (Wildman–Crippen LogP) is 3.00. The lowest BCUT2D eigenvalue weighted by atomic mass is 9.87. The van der Waals surface area contributed by atoms with Gasteiger partial charge >= 0.3 is 5.97 Å². The van der Waals surface area contributed by atoms with Crippen LogP contribution in [-0.2, 0) is 10.0 Å². The van der Waals surface area contributed by atoms with Gasteiger partial charge in [0.2, 0.25) is 10.0 Å². The fourth-order valence-electron chi connectivity index (χ4n) is 2.61. The van der Waals surface area contributed by atoms with Crippen molar-refractivity contribution in [2.45, 2.75) is 43.5 Å². The van der Waals surface area contributed by atoms with Crippen LogP contribution >= 0.6 is 15.9 Å². The van der Waals surface area contributed by atoms with E-state index in [9.17, 15) is 13.2 Å². The first-order valence-electron chi connectivity index (χ1n) is 6.86. The molecule has 1 aromatic carbocycles. The molecule has 7 heteroatoms. The Morgan fingerprint density at radius 1 is 1.33 bits per heavy atom. The zero-order valence-electron chi connectivity index (χ0n) is 11.7. The van der Waals surface area contributed by atoms with E-state index in [2.05, 4.69) is 27.6 Å². The zero-order valence-corrected chi connectivity index (χ0v) is 14.1. The largest absolute Gasteiger partial charge is 0.478 e. The molecule has 0 amide bonds. The summed E-state index contributed by atoms with van der Waals surface area (Å²) in [5, 5.41) is 8.91. The molecule has 2 rings (SSSR count). The summed E-state index contributed by atoms with van der Waals surface area (Å²) in [6, 6.07) is 3.87. The third kappa shape index (κ3) is 3.84. The minimum absolute atomic E-state index is 0.0480. The van der Waals surface area contributed by atoms with Crippen LogP contribution in [0.25, 0.3) is 0 Å². The number of aromatic carboxylic acids is 1. The molecule has 5 nitrogen and oxygen atoms in total. The lowest BCUT2D eigenvalue weighted by Crippen LogP contribution is -2.41. The average Bonchev–Trinajstić information content (AvgIpc) is 2.40. The molecule has 2 atom stereocenters. The first kappa shape index (κ1) is 16.5. The number of nitrogens with one attached hydrogen (secondary N) is 1. The highest BCUT2D eigenvalue weighted by molar-refractivity contribution is 9.10. The fourth-order valence-corrected chi connectivity index (χ4v) is 5.06. The van der Waals surface area contributed by atoms with Gasteiger partial charge in [-0.05, 0) is 52.9 Å². The topological polar surface area (TPSA) is 83.5 Å². The van der Waals surface area contributed by atoms with Crippen molar-refractivity contribution in [1.82, 2.24) is 4.72 Å². The van der Waals surface area contributed by atoms with Gasteiger partial charge in [0, 0.05) is 10.5 Å². The molecular formula is C14H18BrNO4S. The molecule has 0 aliphatic heterocycles. The first-order chi connectivity index (χ1) is 9.81. The first-order valence-corrected chi connectivity index (χ1v) is 9.14. The van der Waals surface area contributed by atoms with E-state index in [1.165, 1.54) is 18.2 Å². The molecule has 1 aliphatic rings. The second-order valence-corrected chi connectivity index (χ2v) is 7.98. The van der Waals surface area contributed by atoms with Crippen LogP contribution in [0.15, 0.2) is 27.6 Å². The van der Waals surface area contributed by atoms with E-state index in [0.29, 0.717) is 5.92 Å². The molecule has 2 unspecified atom stereocenters. The van der Waals surface area contributed by atoms with E-state index in [1.807, 2.05) is 0 Å². The molecule has 0 aromatic heterocycles. The van der Waals surface area contributed by atoms with Gasteiger partial charge in [-0.1, -0.05) is 19.8 Å². The minimum Gasteiger partial charge on any atom is -0.478 e. The number of carbonyl (C=O) groups is 1. The summed E-state index contributed by atoms with van der Waals surface area (Å²) in [4.78, 5) is 11.0. The molecule has 0 heterocycles. The summed E-state index contributed by atoms with van der Waals surface area (Å²) in [7, 11) is -3.66. The summed E-state index contributed by atoms with van der Waals surface area (Å²) >= 11 is 3.15. The Morgan fingerprint density at radius 2 is 2.00 bits per heavy atom. The molecule has 0 spiro atoms. The van der Waals surface area contributed by atoms with E-state index in [4.69, 9.17) is 5.11 Å². The Morgan fingerprint density at radius 3 is 2.57 bits per heavy atom. The molecule has 0 saturated heterocycles. The van der Waals surface area contributed by atoms with E-state index in [-0.39, 0.29) is 21.0 Å². The van der Waals surface area contributed by atoms with Crippen molar-refractivity contribution in [3.63, 3.8) is 0 Å². The number of hydrogen-bond donors (Lipinski definition) is 2. The molecule has 1 aliphatic carbocycles. The molecule has 116 valence electrons. The normalized spacial score (nSPS) is 23.0. The van der Waals surface area contributed by atoms with Crippen molar-refractivity contribution >= 4 is 31.9 Å². The van der Waals surface area contributed by atoms with E-state index in [1.54, 1.807) is 0 Å². The van der Waals surface area contributed by atoms with Gasteiger partial charge in [-0.2, -0.15) is 0 Å². The molecule has 0 radical (unpaired) electrons. The Hall–Kier alpha value is -0.920. The molecule has 1 aromatic rings. The highest BCUT2D eigenvalue weighted by atomic mass is 79.9. The van der Waals surface area contributed by atoms with Gasteiger partial charge in [0.05, 0.1) is 10.5 Å². The predicted molar refractivity (Wildman–Crippen MR) is 82.8 cm³/mol. The molecule has 1 saturated carbocycles. The number of benzene rings is 1. The lowest BCUT2D eigenvalue weighted by Gasteiger charge is -2.29. The minimum atomic E-state index is -3.66. The van der Waals surface area contributed by atoms with Gasteiger partial charge in [0.1, 0.15) is 0 Å². The second-order valence-electron chi connectivity index (χ2n) is 5.44. The maximum absolute atomic E-state index is 12.5. The maximum Gasteiger partial charge on any atom is 0.335 e. The van der Waals surface area contributed by atoms with Crippen LogP contribution in [0.1, 0.15) is 43.0 Å². The quantitative estimate of drug-likeness (QED) is 0.846. The van der Waals surface area contributed by atoms with Crippen molar-refractivity contribution in [2.75, 3.05) is 0 Å². The van der Waals surface area contributed by atoms with Crippen LogP contribution < -0.4 is 4.72 Å². The Balaban J connectivity index is 2.25. The number of halogens is 1. The standard InChI is InChI=1S/C14H18BrNO4S/c1-9-4-2-3-5-12(9)16-21(19,20)13-7-6-10(14(17)18)8-11(13)15/h6-9,12,16H,2-5H2,1H3,(H,17,18). The summed E-state index contributed by atoms with van der Waals surface area (Å²) in [6.07, 6.45) is 4.02. The Labute approximate surface area is 132 Å². The van der Waals surface area contributed by atoms with Crippen molar-refractivity contribution in [2.24, 2.45) is 5.92 Å². The molecule has 1 fully saturated rings. The monoisotopic (exact) mass is 375 g/mol. The van der Waals surface area contributed by atoms with Crippen molar-refractivity contribution in [3.05, 3.63) is 28.2 Å². The van der Waals surface area contributed by atoms with Crippen molar-refractivity contribution in [1.29, 1.82) is 0 Å². The summed E-state index contributed by atoms with van der Waals surface area (Å²) in [5.41, 5.74) is 0.0480. The van der Waals surface area contributed by atoms with E-state index >= 15 is 0 Å². The Kier molecular flexibility index (Phi) is 5.06. The van der Waals surface area contributed by atoms with Crippen LogP contribution in [0.5, 0.6) is 0 Å². The number of hydrogen-bond acceptors (Lipinski definition) is 3. The SMILES string of the molecule is CC1CCCCC1NS(=O)(=O)c1ccc(C(=O)O)cc1Br. The van der Waals surface area contributed by atoms with Crippen LogP contribution in [0.2, 0.25) is 0 Å². The van der Waals surface area contributed by atoms with Gasteiger partial charge < -0.3 is 5.11 Å².